The van der Waals surface area contributed by atoms with E-state index in [0.29, 0.717) is 17.8 Å². The topological polar surface area (TPSA) is 54.6 Å². The van der Waals surface area contributed by atoms with Crippen molar-refractivity contribution in [2.75, 3.05) is 39.9 Å². The fraction of sp³-hybridized carbons (Fsp3) is 0.556. The molecule has 2 aromatic rings. The molecule has 0 spiro atoms. The largest absolute Gasteiger partial charge is 0.383 e. The summed E-state index contributed by atoms with van der Waals surface area (Å²) in [6, 6.07) is 10.6. The van der Waals surface area contributed by atoms with Crippen molar-refractivity contribution in [2.24, 2.45) is 0 Å². The summed E-state index contributed by atoms with van der Waals surface area (Å²) in [5.74, 6) is 1.34. The van der Waals surface area contributed by atoms with Crippen LogP contribution in [0.5, 0.6) is 0 Å². The van der Waals surface area contributed by atoms with Crippen molar-refractivity contribution in [1.29, 1.82) is 0 Å². The van der Waals surface area contributed by atoms with Crippen LogP contribution < -0.4 is 0 Å². The van der Waals surface area contributed by atoms with E-state index in [2.05, 4.69) is 33.8 Å². The maximum absolute atomic E-state index is 5.52. The molecule has 0 unspecified atom stereocenters. The Morgan fingerprint density at radius 2 is 2.08 bits per heavy atom. The van der Waals surface area contributed by atoms with Crippen molar-refractivity contribution in [2.45, 2.75) is 25.9 Å². The zero-order valence-corrected chi connectivity index (χ0v) is 14.7. The van der Waals surface area contributed by atoms with Gasteiger partial charge in [0.2, 0.25) is 11.7 Å². The number of hydrogen-bond acceptors (Lipinski definition) is 6. The van der Waals surface area contributed by atoms with Gasteiger partial charge in [-0.25, -0.2) is 0 Å². The first-order valence-electron chi connectivity index (χ1n) is 8.55. The highest BCUT2D eigenvalue weighted by atomic mass is 16.5. The molecular formula is C18H26N4O2. The summed E-state index contributed by atoms with van der Waals surface area (Å²) >= 11 is 0. The average molecular weight is 330 g/mol. The van der Waals surface area contributed by atoms with Crippen molar-refractivity contribution in [3.63, 3.8) is 0 Å². The first kappa shape index (κ1) is 17.1. The molecule has 130 valence electrons. The summed E-state index contributed by atoms with van der Waals surface area (Å²) in [5, 5.41) is 4.14. The van der Waals surface area contributed by atoms with Gasteiger partial charge in [0.1, 0.15) is 0 Å². The molecule has 2 atom stereocenters. The Balaban J connectivity index is 1.63. The summed E-state index contributed by atoms with van der Waals surface area (Å²) in [7, 11) is 1.75. The van der Waals surface area contributed by atoms with E-state index in [1.807, 2.05) is 30.3 Å². The van der Waals surface area contributed by atoms with Crippen molar-refractivity contribution >= 4 is 0 Å². The van der Waals surface area contributed by atoms with E-state index in [1.54, 1.807) is 7.11 Å². The van der Waals surface area contributed by atoms with Gasteiger partial charge in [0.15, 0.2) is 0 Å². The first-order chi connectivity index (χ1) is 11.7. The average Bonchev–Trinajstić information content (AvgIpc) is 3.11. The predicted octanol–water partition coefficient (Wildman–Crippen LogP) is 2.45. The van der Waals surface area contributed by atoms with Gasteiger partial charge in [0, 0.05) is 44.9 Å². The van der Waals surface area contributed by atoms with Crippen molar-refractivity contribution in [3.05, 3.63) is 36.2 Å². The molecule has 1 fully saturated rings. The summed E-state index contributed by atoms with van der Waals surface area (Å²) in [5.41, 5.74) is 0.984. The van der Waals surface area contributed by atoms with Crippen LogP contribution in [-0.2, 0) is 4.74 Å². The van der Waals surface area contributed by atoms with Crippen LogP contribution in [0.4, 0.5) is 0 Å². The summed E-state index contributed by atoms with van der Waals surface area (Å²) < 4.78 is 10.7. The van der Waals surface area contributed by atoms with E-state index in [1.165, 1.54) is 0 Å². The lowest BCUT2D eigenvalue weighted by molar-refractivity contribution is 0.0349. The Labute approximate surface area is 143 Å². The third kappa shape index (κ3) is 3.83. The highest BCUT2D eigenvalue weighted by molar-refractivity contribution is 5.53. The second-order valence-corrected chi connectivity index (χ2v) is 6.37. The Bertz CT molecular complexity index is 631. The predicted molar refractivity (Wildman–Crippen MR) is 92.6 cm³/mol. The number of ether oxygens (including phenoxy) is 1. The molecule has 1 aromatic heterocycles. The number of nitrogens with zero attached hydrogens (tertiary/aromatic N) is 4. The highest BCUT2D eigenvalue weighted by Crippen LogP contribution is 2.24. The lowest BCUT2D eigenvalue weighted by Gasteiger charge is -2.41. The third-order valence-corrected chi connectivity index (χ3v) is 4.76. The van der Waals surface area contributed by atoms with E-state index in [-0.39, 0.29) is 6.04 Å². The molecule has 0 radical (unpaired) electrons. The Morgan fingerprint density at radius 3 is 2.79 bits per heavy atom. The Kier molecular flexibility index (Phi) is 5.60. The van der Waals surface area contributed by atoms with E-state index in [9.17, 15) is 0 Å². The van der Waals surface area contributed by atoms with Gasteiger partial charge in [-0.2, -0.15) is 4.98 Å². The SMILES string of the molecule is COCCN1CCN([C@@H](C)c2nc(-c3ccccc3)no2)C[C@H]1C. The van der Waals surface area contributed by atoms with Crippen LogP contribution >= 0.6 is 0 Å². The van der Waals surface area contributed by atoms with E-state index >= 15 is 0 Å². The Morgan fingerprint density at radius 1 is 1.29 bits per heavy atom. The minimum Gasteiger partial charge on any atom is -0.383 e. The first-order valence-corrected chi connectivity index (χ1v) is 8.55. The van der Waals surface area contributed by atoms with Gasteiger partial charge in [0.25, 0.3) is 0 Å². The molecule has 0 N–H and O–H groups in total. The molecule has 1 aliphatic heterocycles. The molecule has 1 aliphatic rings. The highest BCUT2D eigenvalue weighted by Gasteiger charge is 2.29. The third-order valence-electron chi connectivity index (χ3n) is 4.76. The molecule has 6 heteroatoms. The van der Waals surface area contributed by atoms with E-state index in [4.69, 9.17) is 9.26 Å². The van der Waals surface area contributed by atoms with Crippen LogP contribution in [0.25, 0.3) is 11.4 Å². The molecule has 0 aliphatic carbocycles. The molecule has 1 aromatic carbocycles. The molecule has 0 saturated carbocycles. The molecule has 0 bridgehead atoms. The van der Waals surface area contributed by atoms with Crippen LogP contribution in [0.3, 0.4) is 0 Å². The van der Waals surface area contributed by atoms with Crippen LogP contribution in [0.15, 0.2) is 34.9 Å². The normalized spacial score (nSPS) is 21.0. The van der Waals surface area contributed by atoms with E-state index in [0.717, 1.165) is 38.3 Å². The molecule has 2 heterocycles. The molecule has 6 nitrogen and oxygen atoms in total. The van der Waals surface area contributed by atoms with Crippen LogP contribution in [0, 0.1) is 0 Å². The minimum atomic E-state index is 0.127. The summed E-state index contributed by atoms with van der Waals surface area (Å²) in [6.45, 7) is 9.20. The fourth-order valence-electron chi connectivity index (χ4n) is 3.18. The van der Waals surface area contributed by atoms with Gasteiger partial charge in [-0.05, 0) is 13.8 Å². The number of aromatic nitrogens is 2. The van der Waals surface area contributed by atoms with Crippen LogP contribution in [-0.4, -0.2) is 65.9 Å². The van der Waals surface area contributed by atoms with E-state index < -0.39 is 0 Å². The standard InChI is InChI=1S/C18H26N4O2/c1-14-13-22(10-9-21(14)11-12-23-3)15(2)18-19-17(20-24-18)16-7-5-4-6-8-16/h4-8,14-15H,9-13H2,1-3H3/t14-,15+/m1/s1. The number of methoxy groups -OCH3 is 1. The summed E-state index contributed by atoms with van der Waals surface area (Å²) in [6.07, 6.45) is 0. The number of piperazine rings is 1. The number of benzene rings is 1. The van der Waals surface area contributed by atoms with Gasteiger partial charge in [0.05, 0.1) is 12.6 Å². The minimum absolute atomic E-state index is 0.127. The van der Waals surface area contributed by atoms with Gasteiger partial charge in [-0.1, -0.05) is 35.5 Å². The second-order valence-electron chi connectivity index (χ2n) is 6.37. The van der Waals surface area contributed by atoms with Crippen molar-refractivity contribution < 1.29 is 9.26 Å². The number of rotatable bonds is 6. The monoisotopic (exact) mass is 330 g/mol. The van der Waals surface area contributed by atoms with Gasteiger partial charge in [-0.3, -0.25) is 9.80 Å². The van der Waals surface area contributed by atoms with Gasteiger partial charge in [-0.15, -0.1) is 0 Å². The maximum atomic E-state index is 5.52. The van der Waals surface area contributed by atoms with Crippen molar-refractivity contribution in [1.82, 2.24) is 19.9 Å². The molecule has 1 saturated heterocycles. The number of hydrogen-bond donors (Lipinski definition) is 0. The molecule has 24 heavy (non-hydrogen) atoms. The van der Waals surface area contributed by atoms with Crippen LogP contribution in [0.2, 0.25) is 0 Å². The van der Waals surface area contributed by atoms with Gasteiger partial charge < -0.3 is 9.26 Å². The quantitative estimate of drug-likeness (QED) is 0.811. The van der Waals surface area contributed by atoms with Crippen LogP contribution in [0.1, 0.15) is 25.8 Å². The lowest BCUT2D eigenvalue weighted by Crippen LogP contribution is -2.53. The van der Waals surface area contributed by atoms with Crippen molar-refractivity contribution in [3.8, 4) is 11.4 Å². The Hall–Kier alpha value is -1.76. The fourth-order valence-corrected chi connectivity index (χ4v) is 3.18. The molecule has 3 rings (SSSR count). The summed E-state index contributed by atoms with van der Waals surface area (Å²) in [4.78, 5) is 9.48. The lowest BCUT2D eigenvalue weighted by atomic mass is 10.1. The zero-order chi connectivity index (χ0) is 16.9. The maximum Gasteiger partial charge on any atom is 0.244 e. The van der Waals surface area contributed by atoms with Gasteiger partial charge >= 0.3 is 0 Å². The molecular weight excluding hydrogens is 304 g/mol. The second kappa shape index (κ2) is 7.88. The molecule has 0 amide bonds. The zero-order valence-electron chi connectivity index (χ0n) is 14.7. The smallest absolute Gasteiger partial charge is 0.244 e.